The molecule has 7 heteroatoms. The molecule has 1 heterocycles. The number of halogens is 1. The SMILES string of the molecule is NNc1nnc(COc2ccc(Cl)c3ccccc23)s1. The summed E-state index contributed by atoms with van der Waals surface area (Å²) < 4.78 is 5.80. The number of hydrogen-bond donors (Lipinski definition) is 2. The Hall–Kier alpha value is -1.89. The fourth-order valence-electron chi connectivity index (χ4n) is 1.87. The summed E-state index contributed by atoms with van der Waals surface area (Å²) in [5.74, 6) is 6.03. The predicted molar refractivity (Wildman–Crippen MR) is 81.0 cm³/mol. The Kier molecular flexibility index (Phi) is 3.68. The number of nitrogen functional groups attached to an aromatic ring is 1. The first-order valence-corrected chi connectivity index (χ1v) is 7.06. The fraction of sp³-hybridized carbons (Fsp3) is 0.0769. The topological polar surface area (TPSA) is 73.1 Å². The molecule has 0 amide bonds. The third-order valence-electron chi connectivity index (χ3n) is 2.77. The van der Waals surface area contributed by atoms with Crippen molar-refractivity contribution >= 4 is 38.8 Å². The fourth-order valence-corrected chi connectivity index (χ4v) is 2.66. The first-order chi connectivity index (χ1) is 9.78. The van der Waals surface area contributed by atoms with Crippen LogP contribution in [-0.2, 0) is 6.61 Å². The van der Waals surface area contributed by atoms with Gasteiger partial charge in [0.1, 0.15) is 12.4 Å². The zero-order valence-corrected chi connectivity index (χ0v) is 11.9. The number of hydrazine groups is 1. The van der Waals surface area contributed by atoms with Gasteiger partial charge in [-0.3, -0.25) is 5.43 Å². The first-order valence-electron chi connectivity index (χ1n) is 5.87. The van der Waals surface area contributed by atoms with E-state index in [9.17, 15) is 0 Å². The lowest BCUT2D eigenvalue weighted by Gasteiger charge is -2.08. The van der Waals surface area contributed by atoms with Crippen LogP contribution in [-0.4, -0.2) is 10.2 Å². The Morgan fingerprint density at radius 2 is 1.95 bits per heavy atom. The van der Waals surface area contributed by atoms with Gasteiger partial charge in [-0.1, -0.05) is 47.2 Å². The Balaban J connectivity index is 1.86. The zero-order chi connectivity index (χ0) is 13.9. The van der Waals surface area contributed by atoms with Crippen LogP contribution in [0.25, 0.3) is 10.8 Å². The molecule has 0 fully saturated rings. The van der Waals surface area contributed by atoms with Gasteiger partial charge in [0, 0.05) is 15.8 Å². The van der Waals surface area contributed by atoms with E-state index < -0.39 is 0 Å². The van der Waals surface area contributed by atoms with Crippen LogP contribution < -0.4 is 16.0 Å². The summed E-state index contributed by atoms with van der Waals surface area (Å²) >= 11 is 7.52. The van der Waals surface area contributed by atoms with Crippen molar-refractivity contribution in [2.75, 3.05) is 5.43 Å². The number of aromatic nitrogens is 2. The second kappa shape index (κ2) is 5.62. The predicted octanol–water partition coefficient (Wildman–Crippen LogP) is 3.21. The van der Waals surface area contributed by atoms with Crippen LogP contribution in [0.2, 0.25) is 5.02 Å². The van der Waals surface area contributed by atoms with Crippen LogP contribution in [0.5, 0.6) is 5.75 Å². The van der Waals surface area contributed by atoms with Crippen LogP contribution >= 0.6 is 22.9 Å². The average molecular weight is 307 g/mol. The number of hydrogen-bond acceptors (Lipinski definition) is 6. The summed E-state index contributed by atoms with van der Waals surface area (Å²) in [5, 5.41) is 11.8. The average Bonchev–Trinajstić information content (AvgIpc) is 2.95. The number of anilines is 1. The van der Waals surface area contributed by atoms with Gasteiger partial charge in [-0.2, -0.15) is 0 Å². The highest BCUT2D eigenvalue weighted by atomic mass is 35.5. The van der Waals surface area contributed by atoms with Crippen molar-refractivity contribution in [2.45, 2.75) is 6.61 Å². The van der Waals surface area contributed by atoms with E-state index in [1.807, 2.05) is 36.4 Å². The minimum atomic E-state index is 0.338. The summed E-state index contributed by atoms with van der Waals surface area (Å²) in [6, 6.07) is 11.5. The Labute approximate surface area is 124 Å². The molecule has 0 atom stereocenters. The lowest BCUT2D eigenvalue weighted by atomic mass is 10.1. The van der Waals surface area contributed by atoms with E-state index in [4.69, 9.17) is 22.2 Å². The number of nitrogens with two attached hydrogens (primary N) is 1. The molecule has 2 aromatic carbocycles. The minimum Gasteiger partial charge on any atom is -0.486 e. The molecule has 0 saturated carbocycles. The van der Waals surface area contributed by atoms with Gasteiger partial charge >= 0.3 is 0 Å². The van der Waals surface area contributed by atoms with Gasteiger partial charge in [0.05, 0.1) is 0 Å². The molecule has 102 valence electrons. The van der Waals surface area contributed by atoms with Gasteiger partial charge in [-0.05, 0) is 12.1 Å². The number of nitrogens with one attached hydrogen (secondary N) is 1. The number of nitrogens with zero attached hydrogens (tertiary/aromatic N) is 2. The highest BCUT2D eigenvalue weighted by Gasteiger charge is 2.07. The molecule has 0 bridgehead atoms. The normalized spacial score (nSPS) is 10.7. The standard InChI is InChI=1S/C13H11ClN4OS/c14-10-5-6-11(9-4-2-1-3-8(9)10)19-7-12-17-18-13(16-15)20-12/h1-6H,7,15H2,(H,16,18). The van der Waals surface area contributed by atoms with Crippen molar-refractivity contribution in [2.24, 2.45) is 5.84 Å². The van der Waals surface area contributed by atoms with Crippen molar-refractivity contribution < 1.29 is 4.74 Å². The highest BCUT2D eigenvalue weighted by Crippen LogP contribution is 2.31. The maximum Gasteiger partial charge on any atom is 0.219 e. The van der Waals surface area contributed by atoms with Crippen molar-refractivity contribution in [3.8, 4) is 5.75 Å². The summed E-state index contributed by atoms with van der Waals surface area (Å²) in [4.78, 5) is 0. The number of benzene rings is 2. The number of fused-ring (bicyclic) bond motifs is 1. The molecule has 5 nitrogen and oxygen atoms in total. The van der Waals surface area contributed by atoms with Gasteiger partial charge in [0.25, 0.3) is 0 Å². The third kappa shape index (κ3) is 2.53. The Morgan fingerprint density at radius 1 is 1.15 bits per heavy atom. The minimum absolute atomic E-state index is 0.338. The van der Waals surface area contributed by atoms with Crippen LogP contribution in [0.3, 0.4) is 0 Å². The Bertz CT molecular complexity index is 746. The highest BCUT2D eigenvalue weighted by molar-refractivity contribution is 7.15. The molecule has 3 rings (SSSR count). The van der Waals surface area contributed by atoms with E-state index in [1.54, 1.807) is 0 Å². The molecular weight excluding hydrogens is 296 g/mol. The van der Waals surface area contributed by atoms with Crippen molar-refractivity contribution in [1.29, 1.82) is 0 Å². The maximum atomic E-state index is 6.17. The van der Waals surface area contributed by atoms with Gasteiger partial charge < -0.3 is 4.74 Å². The van der Waals surface area contributed by atoms with Crippen LogP contribution in [0.1, 0.15) is 5.01 Å². The smallest absolute Gasteiger partial charge is 0.219 e. The first kappa shape index (κ1) is 13.1. The molecule has 3 N–H and O–H groups in total. The van der Waals surface area contributed by atoms with Crippen LogP contribution in [0.15, 0.2) is 36.4 Å². The number of ether oxygens (including phenoxy) is 1. The summed E-state index contributed by atoms with van der Waals surface area (Å²) in [6.45, 7) is 0.338. The lowest BCUT2D eigenvalue weighted by molar-refractivity contribution is 0.308. The molecule has 3 aromatic rings. The van der Waals surface area contributed by atoms with E-state index in [1.165, 1.54) is 11.3 Å². The summed E-state index contributed by atoms with van der Waals surface area (Å²) in [5.41, 5.74) is 2.45. The monoisotopic (exact) mass is 306 g/mol. The molecular formula is C13H11ClN4OS. The van der Waals surface area contributed by atoms with Gasteiger partial charge in [0.2, 0.25) is 5.13 Å². The van der Waals surface area contributed by atoms with Gasteiger partial charge in [-0.25, -0.2) is 5.84 Å². The molecule has 0 aliphatic rings. The summed E-state index contributed by atoms with van der Waals surface area (Å²) in [7, 11) is 0. The molecule has 0 radical (unpaired) electrons. The van der Waals surface area contributed by atoms with Crippen LogP contribution in [0.4, 0.5) is 5.13 Å². The van der Waals surface area contributed by atoms with Gasteiger partial charge in [0.15, 0.2) is 5.01 Å². The van der Waals surface area contributed by atoms with Crippen molar-refractivity contribution in [3.63, 3.8) is 0 Å². The number of rotatable bonds is 4. The second-order valence-electron chi connectivity index (χ2n) is 4.03. The largest absolute Gasteiger partial charge is 0.486 e. The van der Waals surface area contributed by atoms with E-state index in [0.717, 1.165) is 21.5 Å². The second-order valence-corrected chi connectivity index (χ2v) is 5.49. The zero-order valence-electron chi connectivity index (χ0n) is 10.3. The van der Waals surface area contributed by atoms with Gasteiger partial charge in [-0.15, -0.1) is 10.2 Å². The molecule has 0 aliphatic carbocycles. The van der Waals surface area contributed by atoms with E-state index in [-0.39, 0.29) is 0 Å². The lowest BCUT2D eigenvalue weighted by Crippen LogP contribution is -2.05. The quantitative estimate of drug-likeness (QED) is 0.572. The molecule has 20 heavy (non-hydrogen) atoms. The molecule has 1 aromatic heterocycles. The molecule has 0 saturated heterocycles. The molecule has 0 unspecified atom stereocenters. The maximum absolute atomic E-state index is 6.17. The third-order valence-corrected chi connectivity index (χ3v) is 3.93. The van der Waals surface area contributed by atoms with Crippen molar-refractivity contribution in [3.05, 3.63) is 46.4 Å². The van der Waals surface area contributed by atoms with E-state index in [2.05, 4.69) is 15.6 Å². The van der Waals surface area contributed by atoms with Crippen LogP contribution in [0, 0.1) is 0 Å². The molecule has 0 aliphatic heterocycles. The Morgan fingerprint density at radius 3 is 2.70 bits per heavy atom. The van der Waals surface area contributed by atoms with E-state index >= 15 is 0 Å². The van der Waals surface area contributed by atoms with E-state index in [0.29, 0.717) is 16.8 Å². The van der Waals surface area contributed by atoms with Crippen molar-refractivity contribution in [1.82, 2.24) is 10.2 Å². The molecule has 0 spiro atoms. The summed E-state index contributed by atoms with van der Waals surface area (Å²) in [6.07, 6.45) is 0.